The van der Waals surface area contributed by atoms with Crippen molar-refractivity contribution >= 4 is 65.2 Å². The first-order chi connectivity index (χ1) is 25.8. The van der Waals surface area contributed by atoms with E-state index >= 15 is 0 Å². The van der Waals surface area contributed by atoms with Gasteiger partial charge in [0.15, 0.2) is 0 Å². The van der Waals surface area contributed by atoms with Crippen LogP contribution in [-0.2, 0) is 0 Å². The molecular weight excluding hydrogens is 629 g/mol. The zero-order chi connectivity index (χ0) is 34.2. The fourth-order valence-corrected chi connectivity index (χ4v) is 8.51. The molecular formula is C50H32N2. The minimum absolute atomic E-state index is 1.17. The Balaban J connectivity index is 1.09. The van der Waals surface area contributed by atoms with Crippen molar-refractivity contribution in [3.63, 3.8) is 0 Å². The Morgan fingerprint density at radius 3 is 1.50 bits per heavy atom. The summed E-state index contributed by atoms with van der Waals surface area (Å²) < 4.78 is 4.83. The Morgan fingerprint density at radius 2 is 0.788 bits per heavy atom. The molecule has 0 fully saturated rings. The van der Waals surface area contributed by atoms with Gasteiger partial charge in [-0.2, -0.15) is 0 Å². The molecule has 9 aromatic carbocycles. The SMILES string of the molecule is c1ccc(-n2c3ccccc3c3cc(-c4ccc5c(c4)c4ccccc4n5-c4ccc(-c5ccc6ccccc6c5)c5ccccc45)ccc32)cc1. The van der Waals surface area contributed by atoms with E-state index in [-0.39, 0.29) is 0 Å². The highest BCUT2D eigenvalue weighted by molar-refractivity contribution is 6.14. The largest absolute Gasteiger partial charge is 0.309 e. The maximum atomic E-state index is 2.46. The molecule has 0 aliphatic rings. The van der Waals surface area contributed by atoms with Crippen LogP contribution in [0, 0.1) is 0 Å². The van der Waals surface area contributed by atoms with Gasteiger partial charge in [0.2, 0.25) is 0 Å². The summed E-state index contributed by atoms with van der Waals surface area (Å²) in [6, 6.07) is 71.0. The van der Waals surface area contributed by atoms with Crippen molar-refractivity contribution in [2.24, 2.45) is 0 Å². The molecule has 0 amide bonds. The zero-order valence-electron chi connectivity index (χ0n) is 28.4. The van der Waals surface area contributed by atoms with Gasteiger partial charge in [-0.25, -0.2) is 0 Å². The summed E-state index contributed by atoms with van der Waals surface area (Å²) in [6.07, 6.45) is 0. The van der Waals surface area contributed by atoms with Crippen molar-refractivity contribution in [3.8, 4) is 33.6 Å². The molecule has 0 saturated heterocycles. The highest BCUT2D eigenvalue weighted by atomic mass is 15.0. The van der Waals surface area contributed by atoms with Crippen LogP contribution >= 0.6 is 0 Å². The Kier molecular flexibility index (Phi) is 6.28. The van der Waals surface area contributed by atoms with Crippen LogP contribution in [0.5, 0.6) is 0 Å². The molecule has 2 heterocycles. The van der Waals surface area contributed by atoms with Crippen LogP contribution in [0.3, 0.4) is 0 Å². The van der Waals surface area contributed by atoms with Gasteiger partial charge in [-0.15, -0.1) is 0 Å². The van der Waals surface area contributed by atoms with Crippen molar-refractivity contribution in [2.75, 3.05) is 0 Å². The van der Waals surface area contributed by atoms with Crippen molar-refractivity contribution in [1.29, 1.82) is 0 Å². The molecule has 242 valence electrons. The molecule has 0 saturated carbocycles. The molecule has 11 rings (SSSR count). The number of para-hydroxylation sites is 3. The second kappa shape index (κ2) is 11.3. The summed E-state index contributed by atoms with van der Waals surface area (Å²) in [5, 5.41) is 10.0. The van der Waals surface area contributed by atoms with Gasteiger partial charge in [-0.3, -0.25) is 0 Å². The van der Waals surface area contributed by atoms with Crippen LogP contribution in [0.15, 0.2) is 194 Å². The average molecular weight is 661 g/mol. The van der Waals surface area contributed by atoms with Crippen molar-refractivity contribution in [2.45, 2.75) is 0 Å². The second-order valence-electron chi connectivity index (χ2n) is 13.7. The van der Waals surface area contributed by atoms with Crippen LogP contribution in [-0.4, -0.2) is 9.13 Å². The molecule has 2 nitrogen and oxygen atoms in total. The standard InChI is InChI=1S/C50H32N2/c1-2-14-38(15-3-1)51-46-20-10-8-18-42(46)44-31-35(24-27-49(44)51)36-25-28-50-45(32-36)43-19-9-11-21-47(43)52(50)48-29-26-39(40-16-6-7-17-41(40)48)37-23-22-33-12-4-5-13-34(33)30-37/h1-32H. The molecule has 0 N–H and O–H groups in total. The van der Waals surface area contributed by atoms with Crippen LogP contribution in [0.4, 0.5) is 0 Å². The van der Waals surface area contributed by atoms with E-state index in [1.54, 1.807) is 0 Å². The maximum Gasteiger partial charge on any atom is 0.0541 e. The van der Waals surface area contributed by atoms with Gasteiger partial charge in [0.05, 0.1) is 27.8 Å². The molecule has 0 aliphatic carbocycles. The monoisotopic (exact) mass is 660 g/mol. The van der Waals surface area contributed by atoms with Gasteiger partial charge in [-0.1, -0.05) is 133 Å². The van der Waals surface area contributed by atoms with E-state index in [2.05, 4.69) is 203 Å². The molecule has 2 heteroatoms. The summed E-state index contributed by atoms with van der Waals surface area (Å²) >= 11 is 0. The third-order valence-electron chi connectivity index (χ3n) is 10.9. The Morgan fingerprint density at radius 1 is 0.269 bits per heavy atom. The van der Waals surface area contributed by atoms with Crippen molar-refractivity contribution in [3.05, 3.63) is 194 Å². The molecule has 0 atom stereocenters. The van der Waals surface area contributed by atoms with E-state index in [1.807, 2.05) is 0 Å². The lowest BCUT2D eigenvalue weighted by molar-refractivity contribution is 1.18. The lowest BCUT2D eigenvalue weighted by Crippen LogP contribution is -1.96. The second-order valence-corrected chi connectivity index (χ2v) is 13.7. The molecule has 0 unspecified atom stereocenters. The number of rotatable bonds is 4. The van der Waals surface area contributed by atoms with Crippen LogP contribution in [0.1, 0.15) is 0 Å². The minimum atomic E-state index is 1.17. The molecule has 2 aromatic heterocycles. The molecule has 0 radical (unpaired) electrons. The zero-order valence-corrected chi connectivity index (χ0v) is 28.4. The van der Waals surface area contributed by atoms with Crippen molar-refractivity contribution < 1.29 is 0 Å². The van der Waals surface area contributed by atoms with Crippen LogP contribution < -0.4 is 0 Å². The molecule has 0 bridgehead atoms. The Hall–Kier alpha value is -6.90. The average Bonchev–Trinajstić information content (AvgIpc) is 3.73. The van der Waals surface area contributed by atoms with E-state index in [4.69, 9.17) is 0 Å². The van der Waals surface area contributed by atoms with Crippen LogP contribution in [0.2, 0.25) is 0 Å². The summed E-state index contributed by atoms with van der Waals surface area (Å²) in [5.41, 5.74) is 12.1. The normalized spacial score (nSPS) is 11.8. The van der Waals surface area contributed by atoms with Crippen molar-refractivity contribution in [1.82, 2.24) is 9.13 Å². The molecule has 11 aromatic rings. The van der Waals surface area contributed by atoms with Gasteiger partial charge < -0.3 is 9.13 Å². The Labute approximate surface area is 301 Å². The first-order valence-electron chi connectivity index (χ1n) is 17.9. The lowest BCUT2D eigenvalue weighted by Gasteiger charge is -2.15. The highest BCUT2D eigenvalue weighted by Crippen LogP contribution is 2.41. The number of aromatic nitrogens is 2. The number of hydrogen-bond donors (Lipinski definition) is 0. The molecule has 0 aliphatic heterocycles. The first-order valence-corrected chi connectivity index (χ1v) is 17.9. The third-order valence-corrected chi connectivity index (χ3v) is 10.9. The summed E-state index contributed by atoms with van der Waals surface area (Å²) in [6.45, 7) is 0. The van der Waals surface area contributed by atoms with Gasteiger partial charge in [0.1, 0.15) is 0 Å². The number of benzene rings is 9. The molecule has 52 heavy (non-hydrogen) atoms. The van der Waals surface area contributed by atoms with Gasteiger partial charge in [0, 0.05) is 32.6 Å². The van der Waals surface area contributed by atoms with E-state index in [0.717, 1.165) is 0 Å². The summed E-state index contributed by atoms with van der Waals surface area (Å²) in [7, 11) is 0. The highest BCUT2D eigenvalue weighted by Gasteiger charge is 2.18. The minimum Gasteiger partial charge on any atom is -0.309 e. The van der Waals surface area contributed by atoms with E-state index in [0.29, 0.717) is 0 Å². The fourth-order valence-electron chi connectivity index (χ4n) is 8.51. The van der Waals surface area contributed by atoms with Gasteiger partial charge in [0.25, 0.3) is 0 Å². The van der Waals surface area contributed by atoms with E-state index in [9.17, 15) is 0 Å². The summed E-state index contributed by atoms with van der Waals surface area (Å²) in [4.78, 5) is 0. The predicted octanol–water partition coefficient (Wildman–Crippen LogP) is 13.5. The fraction of sp³-hybridized carbons (Fsp3) is 0. The third kappa shape index (κ3) is 4.31. The van der Waals surface area contributed by atoms with E-state index < -0.39 is 0 Å². The predicted molar refractivity (Wildman–Crippen MR) is 221 cm³/mol. The first kappa shape index (κ1) is 28.9. The van der Waals surface area contributed by atoms with E-state index in [1.165, 1.54) is 98.8 Å². The smallest absolute Gasteiger partial charge is 0.0541 e. The van der Waals surface area contributed by atoms with Crippen LogP contribution in [0.25, 0.3) is 98.8 Å². The Bertz CT molecular complexity index is 3180. The lowest BCUT2D eigenvalue weighted by atomic mass is 9.95. The topological polar surface area (TPSA) is 9.86 Å². The number of hydrogen-bond acceptors (Lipinski definition) is 0. The molecule has 0 spiro atoms. The maximum absolute atomic E-state index is 2.46. The quantitative estimate of drug-likeness (QED) is 0.178. The summed E-state index contributed by atoms with van der Waals surface area (Å²) in [5.74, 6) is 0. The number of fused-ring (bicyclic) bond motifs is 8. The van der Waals surface area contributed by atoms with Gasteiger partial charge in [-0.05, 0) is 99.1 Å². The number of nitrogens with zero attached hydrogens (tertiary/aromatic N) is 2. The van der Waals surface area contributed by atoms with Gasteiger partial charge >= 0.3 is 0 Å².